The van der Waals surface area contributed by atoms with Crippen molar-refractivity contribution in [3.63, 3.8) is 0 Å². The standard InChI is InChI=1S/C34H40N4O2.H2O.H2/c1-24(39)27-9-5-8-26(18-27)7-4-6-25-12-16-37(17-13-25)23-30-11-10-29(22-35-30)36-34(40)33-21-31(19-28-20-32(28)33)38-14-2-3-15-38;;/h2-3,5,8-11,14-15,18-19,21-22,24-25,28,32,39H,4,6-7,12-13,16-17,20,23H2,1H3,(H,36,40);1H2;1H. The molecule has 4 N–H and O–H groups in total. The van der Waals surface area contributed by atoms with Crippen molar-refractivity contribution in [1.82, 2.24) is 14.5 Å². The first-order valence-electron chi connectivity index (χ1n) is 14.8. The number of carbonyl (C=O) groups excluding carboxylic acids is 1. The number of piperidine rings is 1. The minimum absolute atomic E-state index is 0. The van der Waals surface area contributed by atoms with E-state index in [1.807, 2.05) is 55.7 Å². The van der Waals surface area contributed by atoms with Gasteiger partial charge in [-0.15, -0.1) is 0 Å². The Kier molecular flexibility index (Phi) is 9.18. The number of likely N-dealkylation sites (tertiary alicyclic amines) is 1. The van der Waals surface area contributed by atoms with Crippen LogP contribution in [0.25, 0.3) is 5.70 Å². The summed E-state index contributed by atoms with van der Waals surface area (Å²) < 4.78 is 2.07. The van der Waals surface area contributed by atoms with Gasteiger partial charge in [-0.2, -0.15) is 0 Å². The van der Waals surface area contributed by atoms with E-state index in [4.69, 9.17) is 0 Å². The first-order chi connectivity index (χ1) is 19.5. The summed E-state index contributed by atoms with van der Waals surface area (Å²) >= 11 is 0. The number of aliphatic hydroxyl groups excluding tert-OH is 1. The molecule has 2 fully saturated rings. The first-order valence-corrected chi connectivity index (χ1v) is 14.8. The Hall–Kier alpha value is -3.52. The number of aliphatic hydroxyl groups is 1. The monoisotopic (exact) mass is 556 g/mol. The van der Waals surface area contributed by atoms with Gasteiger partial charge in [0, 0.05) is 31.6 Å². The Morgan fingerprint density at radius 2 is 1.95 bits per heavy atom. The Labute approximate surface area is 244 Å². The van der Waals surface area contributed by atoms with E-state index < -0.39 is 6.10 Å². The molecule has 1 aliphatic heterocycles. The fourth-order valence-electron chi connectivity index (χ4n) is 6.25. The lowest BCUT2D eigenvalue weighted by molar-refractivity contribution is -0.113. The van der Waals surface area contributed by atoms with Gasteiger partial charge in [-0.05, 0) is 111 Å². The average Bonchev–Trinajstić information content (AvgIpc) is 3.55. The Morgan fingerprint density at radius 1 is 1.15 bits per heavy atom. The van der Waals surface area contributed by atoms with Crippen LogP contribution in [0.15, 0.2) is 84.8 Å². The zero-order valence-electron chi connectivity index (χ0n) is 23.9. The molecule has 2 aromatic heterocycles. The third-order valence-corrected chi connectivity index (χ3v) is 8.78. The molecule has 0 bridgehead atoms. The number of anilines is 1. The van der Waals surface area contributed by atoms with E-state index in [9.17, 15) is 9.90 Å². The predicted molar refractivity (Wildman–Crippen MR) is 165 cm³/mol. The topological polar surface area (TPSA) is 102 Å². The molecule has 3 heterocycles. The Balaban J connectivity index is 0.00000202. The SMILES string of the molecule is CC(O)c1cccc(CCCC2CCN(Cc3ccc(NC(=O)C4=CC(n5cccc5)=CC5CC45)cn3)CC2)c1.O.[HH]. The molecule has 6 rings (SSSR count). The number of rotatable bonds is 10. The summed E-state index contributed by atoms with van der Waals surface area (Å²) in [7, 11) is 0. The fourth-order valence-corrected chi connectivity index (χ4v) is 6.25. The quantitative estimate of drug-likeness (QED) is 0.337. The zero-order valence-corrected chi connectivity index (χ0v) is 23.9. The van der Waals surface area contributed by atoms with Gasteiger partial charge in [-0.3, -0.25) is 14.7 Å². The zero-order chi connectivity index (χ0) is 27.5. The highest BCUT2D eigenvalue weighted by atomic mass is 16.3. The molecule has 1 saturated carbocycles. The number of aromatic nitrogens is 2. The van der Waals surface area contributed by atoms with Crippen LogP contribution in [0.1, 0.15) is 63.4 Å². The van der Waals surface area contributed by atoms with E-state index in [0.29, 0.717) is 11.8 Å². The van der Waals surface area contributed by atoms with Crippen LogP contribution in [0.3, 0.4) is 0 Å². The fraction of sp³-hybridized carbons (Fsp3) is 0.412. The van der Waals surface area contributed by atoms with Crippen molar-refractivity contribution < 1.29 is 16.8 Å². The number of carbonyl (C=O) groups is 1. The lowest BCUT2D eigenvalue weighted by Crippen LogP contribution is -2.33. The summed E-state index contributed by atoms with van der Waals surface area (Å²) in [5, 5.41) is 12.9. The maximum absolute atomic E-state index is 13.1. The molecule has 3 unspecified atom stereocenters. The third-order valence-electron chi connectivity index (χ3n) is 8.78. The minimum Gasteiger partial charge on any atom is -0.412 e. The summed E-state index contributed by atoms with van der Waals surface area (Å²) in [5.74, 6) is 1.59. The number of nitrogens with zero attached hydrogens (tertiary/aromatic N) is 3. The minimum atomic E-state index is -0.403. The normalized spacial score (nSPS) is 21.2. The molecule has 1 aromatic carbocycles. The van der Waals surface area contributed by atoms with Gasteiger partial charge in [0.15, 0.2) is 0 Å². The number of pyridine rings is 1. The van der Waals surface area contributed by atoms with E-state index in [1.165, 1.54) is 31.2 Å². The van der Waals surface area contributed by atoms with Gasteiger partial charge in [-0.25, -0.2) is 0 Å². The molecule has 3 aliphatic rings. The second kappa shape index (κ2) is 13.0. The highest BCUT2D eigenvalue weighted by Crippen LogP contribution is 2.49. The van der Waals surface area contributed by atoms with Crippen LogP contribution in [-0.4, -0.2) is 44.0 Å². The second-order valence-electron chi connectivity index (χ2n) is 11.8. The number of benzene rings is 1. The number of aryl methyl sites for hydroxylation is 1. The van der Waals surface area contributed by atoms with Gasteiger partial charge in [0.05, 0.1) is 23.7 Å². The van der Waals surface area contributed by atoms with Gasteiger partial charge < -0.3 is 20.5 Å². The average molecular weight is 557 g/mol. The number of amides is 1. The van der Waals surface area contributed by atoms with Gasteiger partial charge in [0.1, 0.15) is 0 Å². The molecular formula is C34H44N4O3. The highest BCUT2D eigenvalue weighted by molar-refractivity contribution is 6.06. The number of allylic oxidation sites excluding steroid dienone is 3. The van der Waals surface area contributed by atoms with Gasteiger partial charge in [0.25, 0.3) is 5.91 Å². The predicted octanol–water partition coefficient (Wildman–Crippen LogP) is 5.65. The molecule has 7 nitrogen and oxygen atoms in total. The van der Waals surface area contributed by atoms with Crippen molar-refractivity contribution in [3.05, 3.63) is 102 Å². The van der Waals surface area contributed by atoms with Crippen LogP contribution < -0.4 is 5.32 Å². The Morgan fingerprint density at radius 3 is 2.68 bits per heavy atom. The summed E-state index contributed by atoms with van der Waals surface area (Å²) in [5.41, 5.74) is 6.08. The molecule has 7 heteroatoms. The number of nitrogens with one attached hydrogen (secondary N) is 1. The Bertz CT molecular complexity index is 1380. The molecule has 3 atom stereocenters. The van der Waals surface area contributed by atoms with Crippen LogP contribution in [0.4, 0.5) is 5.69 Å². The van der Waals surface area contributed by atoms with E-state index in [0.717, 1.165) is 66.6 Å². The van der Waals surface area contributed by atoms with E-state index in [2.05, 4.69) is 44.0 Å². The number of hydrogen-bond acceptors (Lipinski definition) is 4. The van der Waals surface area contributed by atoms with Crippen LogP contribution in [0.5, 0.6) is 0 Å². The summed E-state index contributed by atoms with van der Waals surface area (Å²) in [4.78, 5) is 20.3. The molecule has 3 aromatic rings. The van der Waals surface area contributed by atoms with E-state index in [-0.39, 0.29) is 12.8 Å². The molecule has 41 heavy (non-hydrogen) atoms. The second-order valence-corrected chi connectivity index (χ2v) is 11.8. The summed E-state index contributed by atoms with van der Waals surface area (Å²) in [6.45, 7) is 4.89. The number of hydrogen-bond donors (Lipinski definition) is 2. The third kappa shape index (κ3) is 7.22. The molecule has 0 radical (unpaired) electrons. The summed E-state index contributed by atoms with van der Waals surface area (Å²) in [6, 6.07) is 16.4. The van der Waals surface area contributed by atoms with Crippen LogP contribution in [0, 0.1) is 17.8 Å². The van der Waals surface area contributed by atoms with Crippen molar-refractivity contribution in [1.29, 1.82) is 0 Å². The maximum Gasteiger partial charge on any atom is 0.252 e. The summed E-state index contributed by atoms with van der Waals surface area (Å²) in [6.07, 6.45) is 16.8. The molecule has 1 amide bonds. The van der Waals surface area contributed by atoms with Crippen LogP contribution >= 0.6 is 0 Å². The molecule has 1 saturated heterocycles. The van der Waals surface area contributed by atoms with Crippen molar-refractivity contribution in [2.24, 2.45) is 17.8 Å². The lowest BCUT2D eigenvalue weighted by Gasteiger charge is -2.31. The van der Waals surface area contributed by atoms with Crippen molar-refractivity contribution in [3.8, 4) is 0 Å². The van der Waals surface area contributed by atoms with Crippen molar-refractivity contribution in [2.45, 2.75) is 58.1 Å². The molecule has 218 valence electrons. The van der Waals surface area contributed by atoms with E-state index in [1.54, 1.807) is 6.20 Å². The van der Waals surface area contributed by atoms with Crippen molar-refractivity contribution in [2.75, 3.05) is 18.4 Å². The van der Waals surface area contributed by atoms with Gasteiger partial charge >= 0.3 is 0 Å². The largest absolute Gasteiger partial charge is 0.412 e. The molecule has 2 aliphatic carbocycles. The van der Waals surface area contributed by atoms with Crippen LogP contribution in [0.2, 0.25) is 0 Å². The lowest BCUT2D eigenvalue weighted by atomic mass is 9.90. The highest BCUT2D eigenvalue weighted by Gasteiger charge is 2.43. The number of fused-ring (bicyclic) bond motifs is 1. The smallest absolute Gasteiger partial charge is 0.252 e. The molecular weight excluding hydrogens is 512 g/mol. The van der Waals surface area contributed by atoms with Gasteiger partial charge in [0.2, 0.25) is 0 Å². The maximum atomic E-state index is 13.1. The van der Waals surface area contributed by atoms with Crippen molar-refractivity contribution >= 4 is 17.3 Å². The molecule has 0 spiro atoms. The van der Waals surface area contributed by atoms with Gasteiger partial charge in [-0.1, -0.05) is 36.8 Å². The van der Waals surface area contributed by atoms with Crippen LogP contribution in [-0.2, 0) is 17.8 Å². The first kappa shape index (κ1) is 29.0. The van der Waals surface area contributed by atoms with E-state index >= 15 is 0 Å².